The van der Waals surface area contributed by atoms with Crippen LogP contribution >= 0.6 is 0 Å². The molecule has 2 heterocycles. The van der Waals surface area contributed by atoms with Gasteiger partial charge in [-0.1, -0.05) is 12.1 Å². The molecule has 7 heteroatoms. The van der Waals surface area contributed by atoms with Crippen molar-refractivity contribution in [1.29, 1.82) is 0 Å². The van der Waals surface area contributed by atoms with Gasteiger partial charge in [0.05, 0.1) is 5.69 Å². The van der Waals surface area contributed by atoms with Crippen LogP contribution in [0.1, 0.15) is 11.1 Å². The van der Waals surface area contributed by atoms with Crippen molar-refractivity contribution < 1.29 is 13.2 Å². The number of rotatable bonds is 1. The molecule has 0 bridgehead atoms. The van der Waals surface area contributed by atoms with Crippen LogP contribution in [0, 0.1) is 6.92 Å². The number of benzene rings is 1. The van der Waals surface area contributed by atoms with Crippen molar-refractivity contribution in [1.82, 2.24) is 15.0 Å². The van der Waals surface area contributed by atoms with Crippen LogP contribution < -0.4 is 5.73 Å². The number of aromatic amines is 1. The molecule has 4 nitrogen and oxygen atoms in total. The third kappa shape index (κ3) is 2.31. The minimum absolute atomic E-state index is 0.195. The van der Waals surface area contributed by atoms with E-state index in [1.807, 2.05) is 19.1 Å². The van der Waals surface area contributed by atoms with Gasteiger partial charge < -0.3 is 10.7 Å². The Hall–Kier alpha value is -2.57. The van der Waals surface area contributed by atoms with Crippen LogP contribution in [0.25, 0.3) is 22.2 Å². The number of H-pyrrole nitrogens is 1. The van der Waals surface area contributed by atoms with Gasteiger partial charge in [0.15, 0.2) is 0 Å². The van der Waals surface area contributed by atoms with Gasteiger partial charge >= 0.3 is 6.18 Å². The van der Waals surface area contributed by atoms with Crippen molar-refractivity contribution >= 4 is 16.9 Å². The second kappa shape index (κ2) is 4.47. The zero-order valence-corrected chi connectivity index (χ0v) is 11.0. The summed E-state index contributed by atoms with van der Waals surface area (Å²) < 4.78 is 39.3. The molecule has 3 aromatic rings. The first-order chi connectivity index (χ1) is 9.86. The number of aromatic nitrogens is 3. The molecule has 3 rings (SSSR count). The predicted molar refractivity (Wildman–Crippen MR) is 73.5 cm³/mol. The first-order valence-electron chi connectivity index (χ1n) is 6.14. The fourth-order valence-electron chi connectivity index (χ4n) is 2.24. The van der Waals surface area contributed by atoms with E-state index in [1.54, 1.807) is 6.07 Å². The molecule has 2 aromatic heterocycles. The number of nitrogens with two attached hydrogens (primary N) is 1. The number of aryl methyl sites for hydroxylation is 1. The minimum atomic E-state index is -4.54. The first-order valence-corrected chi connectivity index (χ1v) is 6.14. The van der Waals surface area contributed by atoms with E-state index in [0.717, 1.165) is 11.1 Å². The number of anilines is 1. The van der Waals surface area contributed by atoms with Crippen LogP contribution in [-0.2, 0) is 6.18 Å². The highest BCUT2D eigenvalue weighted by Gasteiger charge is 2.35. The highest BCUT2D eigenvalue weighted by atomic mass is 19.4. The maximum atomic E-state index is 13.1. The molecule has 0 aliphatic heterocycles. The topological polar surface area (TPSA) is 67.6 Å². The van der Waals surface area contributed by atoms with Gasteiger partial charge in [0.25, 0.3) is 0 Å². The average molecular weight is 292 g/mol. The highest BCUT2D eigenvalue weighted by Crippen LogP contribution is 2.38. The molecule has 0 saturated carbocycles. The van der Waals surface area contributed by atoms with E-state index in [0.29, 0.717) is 17.1 Å². The van der Waals surface area contributed by atoms with E-state index in [4.69, 9.17) is 5.73 Å². The van der Waals surface area contributed by atoms with E-state index in [9.17, 15) is 13.2 Å². The summed E-state index contributed by atoms with van der Waals surface area (Å²) in [6.07, 6.45) is -2.33. The lowest BCUT2D eigenvalue weighted by atomic mass is 10.0. The van der Waals surface area contributed by atoms with E-state index in [-0.39, 0.29) is 11.6 Å². The summed E-state index contributed by atoms with van der Waals surface area (Å²) in [5.74, 6) is -0.195. The van der Waals surface area contributed by atoms with Crippen molar-refractivity contribution in [3.8, 4) is 11.3 Å². The Kier molecular flexibility index (Phi) is 2.86. The summed E-state index contributed by atoms with van der Waals surface area (Å²) in [6.45, 7) is 1.91. The van der Waals surface area contributed by atoms with Crippen molar-refractivity contribution in [3.05, 3.63) is 41.7 Å². The maximum absolute atomic E-state index is 13.1. The third-order valence-corrected chi connectivity index (χ3v) is 3.21. The zero-order chi connectivity index (χ0) is 15.2. The number of alkyl halides is 3. The standard InChI is InChI=1S/C14H11F3N4/c1-7-2-3-8-9(5-19-11(8)4-7)12-10(14(15,16)17)6-20-13(18)21-12/h2-6,19H,1H3,(H2,18,20,21). The first kappa shape index (κ1) is 13.4. The number of nitrogen functional groups attached to an aromatic ring is 1. The van der Waals surface area contributed by atoms with Crippen molar-refractivity contribution in [2.24, 2.45) is 0 Å². The lowest BCUT2D eigenvalue weighted by Crippen LogP contribution is -2.10. The van der Waals surface area contributed by atoms with Crippen molar-refractivity contribution in [2.45, 2.75) is 13.1 Å². The summed E-state index contributed by atoms with van der Waals surface area (Å²) in [7, 11) is 0. The Labute approximate surface area is 117 Å². The Morgan fingerprint density at radius 2 is 2.00 bits per heavy atom. The molecule has 0 saturated heterocycles. The van der Waals surface area contributed by atoms with Gasteiger partial charge in [0.2, 0.25) is 5.95 Å². The minimum Gasteiger partial charge on any atom is -0.368 e. The smallest absolute Gasteiger partial charge is 0.368 e. The summed E-state index contributed by atoms with van der Waals surface area (Å²) in [5.41, 5.74) is 6.43. The summed E-state index contributed by atoms with van der Waals surface area (Å²) in [6, 6.07) is 5.45. The molecule has 0 aliphatic carbocycles. The van der Waals surface area contributed by atoms with E-state index >= 15 is 0 Å². The number of hydrogen-bond acceptors (Lipinski definition) is 3. The van der Waals surface area contributed by atoms with E-state index in [2.05, 4.69) is 15.0 Å². The van der Waals surface area contributed by atoms with Gasteiger partial charge in [0.1, 0.15) is 5.56 Å². The molecule has 21 heavy (non-hydrogen) atoms. The van der Waals surface area contributed by atoms with Crippen LogP contribution in [0.5, 0.6) is 0 Å². The van der Waals surface area contributed by atoms with Gasteiger partial charge in [-0.15, -0.1) is 0 Å². The van der Waals surface area contributed by atoms with E-state index in [1.165, 1.54) is 6.20 Å². The van der Waals surface area contributed by atoms with Gasteiger partial charge in [-0.25, -0.2) is 9.97 Å². The van der Waals surface area contributed by atoms with Gasteiger partial charge in [-0.3, -0.25) is 0 Å². The molecule has 0 unspecified atom stereocenters. The molecule has 3 N–H and O–H groups in total. The molecule has 108 valence electrons. The summed E-state index contributed by atoms with van der Waals surface area (Å²) in [5, 5.41) is 0.657. The van der Waals surface area contributed by atoms with Crippen LogP contribution in [-0.4, -0.2) is 15.0 Å². The average Bonchev–Trinajstić information content (AvgIpc) is 2.79. The summed E-state index contributed by atoms with van der Waals surface area (Å²) >= 11 is 0. The summed E-state index contributed by atoms with van der Waals surface area (Å²) in [4.78, 5) is 10.2. The molecule has 0 radical (unpaired) electrons. The second-order valence-electron chi connectivity index (χ2n) is 4.74. The van der Waals surface area contributed by atoms with Crippen LogP contribution in [0.4, 0.5) is 19.1 Å². The predicted octanol–water partition coefficient (Wildman–Crippen LogP) is 3.53. The van der Waals surface area contributed by atoms with Gasteiger partial charge in [-0.05, 0) is 18.6 Å². The Morgan fingerprint density at radius 1 is 1.24 bits per heavy atom. The lowest BCUT2D eigenvalue weighted by Gasteiger charge is -2.11. The van der Waals surface area contributed by atoms with Crippen molar-refractivity contribution in [2.75, 3.05) is 5.73 Å². The number of hydrogen-bond donors (Lipinski definition) is 2. The maximum Gasteiger partial charge on any atom is 0.419 e. The second-order valence-corrected chi connectivity index (χ2v) is 4.74. The fourth-order valence-corrected chi connectivity index (χ4v) is 2.24. The van der Waals surface area contributed by atoms with Crippen LogP contribution in [0.2, 0.25) is 0 Å². The lowest BCUT2D eigenvalue weighted by molar-refractivity contribution is -0.137. The van der Waals surface area contributed by atoms with Gasteiger partial charge in [0, 0.05) is 28.9 Å². The molecule has 0 spiro atoms. The molecular formula is C14H11F3N4. The van der Waals surface area contributed by atoms with Crippen LogP contribution in [0.3, 0.4) is 0 Å². The number of halogens is 3. The molecule has 0 fully saturated rings. The van der Waals surface area contributed by atoms with Gasteiger partial charge in [-0.2, -0.15) is 13.2 Å². The number of nitrogens with zero attached hydrogens (tertiary/aromatic N) is 2. The largest absolute Gasteiger partial charge is 0.419 e. The Balaban J connectivity index is 2.30. The Morgan fingerprint density at radius 3 is 2.71 bits per heavy atom. The molecule has 0 atom stereocenters. The zero-order valence-electron chi connectivity index (χ0n) is 11.0. The number of nitrogens with one attached hydrogen (secondary N) is 1. The molecule has 1 aromatic carbocycles. The number of fused-ring (bicyclic) bond motifs is 1. The third-order valence-electron chi connectivity index (χ3n) is 3.21. The van der Waals surface area contributed by atoms with E-state index < -0.39 is 11.7 Å². The molecule has 0 amide bonds. The molecule has 0 aliphatic rings. The van der Waals surface area contributed by atoms with Crippen molar-refractivity contribution in [3.63, 3.8) is 0 Å². The van der Waals surface area contributed by atoms with Crippen LogP contribution in [0.15, 0.2) is 30.6 Å². The normalized spacial score (nSPS) is 12.0. The highest BCUT2D eigenvalue weighted by molar-refractivity contribution is 5.95. The monoisotopic (exact) mass is 292 g/mol. The fraction of sp³-hybridized carbons (Fsp3) is 0.143. The quantitative estimate of drug-likeness (QED) is 0.721. The SMILES string of the molecule is Cc1ccc2c(-c3nc(N)ncc3C(F)(F)F)c[nH]c2c1. The molecular weight excluding hydrogens is 281 g/mol. The Bertz CT molecular complexity index is 821.